The van der Waals surface area contributed by atoms with Gasteiger partial charge in [0.15, 0.2) is 0 Å². The zero-order valence-electron chi connectivity index (χ0n) is 10.9. The van der Waals surface area contributed by atoms with Gasteiger partial charge in [0.25, 0.3) is 5.56 Å². The lowest BCUT2D eigenvalue weighted by Gasteiger charge is -2.02. The van der Waals surface area contributed by atoms with Crippen LogP contribution in [0.2, 0.25) is 5.02 Å². The average molecular weight is 296 g/mol. The Morgan fingerprint density at radius 3 is 2.57 bits per heavy atom. The third-order valence-electron chi connectivity index (χ3n) is 3.56. The smallest absolute Gasteiger partial charge is 0.288 e. The molecule has 5 heteroatoms. The molecule has 0 saturated carbocycles. The van der Waals surface area contributed by atoms with Crippen LogP contribution in [-0.2, 0) is 0 Å². The Balaban J connectivity index is 2.16. The molecule has 0 atom stereocenters. The van der Waals surface area contributed by atoms with Crippen LogP contribution < -0.4 is 5.56 Å². The van der Waals surface area contributed by atoms with Gasteiger partial charge in [-0.2, -0.15) is 5.10 Å². The van der Waals surface area contributed by atoms with Gasteiger partial charge >= 0.3 is 0 Å². The Hall–Kier alpha value is -2.59. The van der Waals surface area contributed by atoms with E-state index in [0.717, 1.165) is 27.5 Å². The second kappa shape index (κ2) is 4.46. The van der Waals surface area contributed by atoms with E-state index in [1.807, 2.05) is 48.5 Å². The molecule has 0 bridgehead atoms. The third kappa shape index (κ3) is 1.84. The van der Waals surface area contributed by atoms with Crippen molar-refractivity contribution in [2.45, 2.75) is 0 Å². The summed E-state index contributed by atoms with van der Waals surface area (Å²) in [5.74, 6) is 0. The first kappa shape index (κ1) is 12.2. The molecular weight excluding hydrogens is 286 g/mol. The number of hydrogen-bond donors (Lipinski definition) is 2. The lowest BCUT2D eigenvalue weighted by atomic mass is 10.1. The van der Waals surface area contributed by atoms with E-state index in [9.17, 15) is 4.79 Å². The molecule has 0 aliphatic carbocycles. The molecule has 21 heavy (non-hydrogen) atoms. The Morgan fingerprint density at radius 1 is 1.00 bits per heavy atom. The predicted molar refractivity (Wildman–Crippen MR) is 84.7 cm³/mol. The van der Waals surface area contributed by atoms with Crippen LogP contribution in [0.3, 0.4) is 0 Å². The molecule has 0 spiro atoms. The monoisotopic (exact) mass is 295 g/mol. The summed E-state index contributed by atoms with van der Waals surface area (Å²) >= 11 is 5.93. The maximum Gasteiger partial charge on any atom is 0.288 e. The molecule has 0 unspecified atom stereocenters. The number of nitrogens with zero attached hydrogens (tertiary/aromatic N) is 1. The summed E-state index contributed by atoms with van der Waals surface area (Å²) in [6.07, 6.45) is 0. The Bertz CT molecular complexity index is 1020. The normalized spacial score (nSPS) is 11.3. The number of para-hydroxylation sites is 1. The van der Waals surface area contributed by atoms with E-state index in [0.29, 0.717) is 10.5 Å². The Kier molecular flexibility index (Phi) is 2.59. The fourth-order valence-corrected chi connectivity index (χ4v) is 2.72. The molecular formula is C16H10ClN3O. The first-order valence-corrected chi connectivity index (χ1v) is 6.87. The number of H-pyrrole nitrogens is 2. The molecule has 2 aromatic heterocycles. The van der Waals surface area contributed by atoms with Crippen molar-refractivity contribution in [3.05, 3.63) is 63.9 Å². The SMILES string of the molecule is O=c1[nH]nc(-c2ccc(Cl)cc2)c2c1[nH]c1ccccc12. The van der Waals surface area contributed by atoms with Crippen LogP contribution in [0.1, 0.15) is 0 Å². The molecule has 0 aliphatic rings. The minimum Gasteiger partial charge on any atom is -0.350 e. The first-order valence-electron chi connectivity index (χ1n) is 6.49. The second-order valence-electron chi connectivity index (χ2n) is 4.83. The average Bonchev–Trinajstić information content (AvgIpc) is 2.90. The van der Waals surface area contributed by atoms with E-state index in [-0.39, 0.29) is 5.56 Å². The number of fused-ring (bicyclic) bond motifs is 3. The predicted octanol–water partition coefficient (Wildman–Crippen LogP) is 3.72. The van der Waals surface area contributed by atoms with Crippen LogP contribution in [0.5, 0.6) is 0 Å². The summed E-state index contributed by atoms with van der Waals surface area (Å²) in [5, 5.41) is 9.25. The zero-order chi connectivity index (χ0) is 14.4. The topological polar surface area (TPSA) is 61.5 Å². The molecule has 0 fully saturated rings. The maximum absolute atomic E-state index is 12.0. The van der Waals surface area contributed by atoms with Gasteiger partial charge in [0, 0.05) is 26.9 Å². The number of halogens is 1. The van der Waals surface area contributed by atoms with Crippen LogP contribution in [0.15, 0.2) is 53.3 Å². The van der Waals surface area contributed by atoms with E-state index in [1.54, 1.807) is 0 Å². The van der Waals surface area contributed by atoms with Crippen molar-refractivity contribution in [1.82, 2.24) is 15.2 Å². The molecule has 0 radical (unpaired) electrons. The minimum atomic E-state index is -0.223. The molecule has 2 N–H and O–H groups in total. The largest absolute Gasteiger partial charge is 0.350 e. The van der Waals surface area contributed by atoms with E-state index < -0.39 is 0 Å². The highest BCUT2D eigenvalue weighted by Gasteiger charge is 2.14. The van der Waals surface area contributed by atoms with E-state index >= 15 is 0 Å². The Morgan fingerprint density at radius 2 is 1.76 bits per heavy atom. The summed E-state index contributed by atoms with van der Waals surface area (Å²) in [5.41, 5.74) is 2.88. The maximum atomic E-state index is 12.0. The summed E-state index contributed by atoms with van der Waals surface area (Å²) in [6, 6.07) is 15.2. The fourth-order valence-electron chi connectivity index (χ4n) is 2.59. The summed E-state index contributed by atoms with van der Waals surface area (Å²) in [6.45, 7) is 0. The van der Waals surface area contributed by atoms with Crippen molar-refractivity contribution in [1.29, 1.82) is 0 Å². The number of aromatic nitrogens is 3. The minimum absolute atomic E-state index is 0.223. The second-order valence-corrected chi connectivity index (χ2v) is 5.27. The highest BCUT2D eigenvalue weighted by molar-refractivity contribution is 6.30. The quantitative estimate of drug-likeness (QED) is 0.562. The molecule has 102 valence electrons. The van der Waals surface area contributed by atoms with Crippen LogP contribution in [0.25, 0.3) is 33.1 Å². The fraction of sp³-hybridized carbons (Fsp3) is 0. The summed E-state index contributed by atoms with van der Waals surface area (Å²) < 4.78 is 0. The van der Waals surface area contributed by atoms with Gasteiger partial charge in [0.2, 0.25) is 0 Å². The molecule has 4 rings (SSSR count). The van der Waals surface area contributed by atoms with Crippen molar-refractivity contribution in [3.63, 3.8) is 0 Å². The molecule has 4 nitrogen and oxygen atoms in total. The first-order chi connectivity index (χ1) is 10.2. The number of aromatic amines is 2. The molecule has 0 aliphatic heterocycles. The lowest BCUT2D eigenvalue weighted by Crippen LogP contribution is -2.09. The number of nitrogens with one attached hydrogen (secondary N) is 2. The van der Waals surface area contributed by atoms with E-state index in [1.165, 1.54) is 0 Å². The van der Waals surface area contributed by atoms with Crippen LogP contribution in [0.4, 0.5) is 0 Å². The van der Waals surface area contributed by atoms with Crippen LogP contribution in [0, 0.1) is 0 Å². The standard InChI is InChI=1S/C16H10ClN3O/c17-10-7-5-9(6-8-10)14-13-11-3-1-2-4-12(11)18-15(13)16(21)20-19-14/h1-8,18H,(H,20,21). The lowest BCUT2D eigenvalue weighted by molar-refractivity contribution is 1.01. The van der Waals surface area contributed by atoms with Crippen LogP contribution >= 0.6 is 11.6 Å². The molecule has 4 aromatic rings. The number of benzene rings is 2. The zero-order valence-corrected chi connectivity index (χ0v) is 11.6. The van der Waals surface area contributed by atoms with Crippen molar-refractivity contribution >= 4 is 33.4 Å². The number of hydrogen-bond acceptors (Lipinski definition) is 2. The van der Waals surface area contributed by atoms with E-state index in [2.05, 4.69) is 15.2 Å². The van der Waals surface area contributed by atoms with Crippen molar-refractivity contribution < 1.29 is 0 Å². The van der Waals surface area contributed by atoms with Gasteiger partial charge < -0.3 is 4.98 Å². The van der Waals surface area contributed by atoms with Gasteiger partial charge in [-0.1, -0.05) is 41.9 Å². The van der Waals surface area contributed by atoms with Gasteiger partial charge in [-0.3, -0.25) is 4.79 Å². The van der Waals surface area contributed by atoms with Gasteiger partial charge in [-0.25, -0.2) is 5.10 Å². The molecule has 2 heterocycles. The van der Waals surface area contributed by atoms with Gasteiger partial charge in [0.05, 0.1) is 0 Å². The van der Waals surface area contributed by atoms with Crippen molar-refractivity contribution in [2.75, 3.05) is 0 Å². The molecule has 2 aromatic carbocycles. The number of rotatable bonds is 1. The molecule has 0 saturated heterocycles. The third-order valence-corrected chi connectivity index (χ3v) is 3.81. The van der Waals surface area contributed by atoms with Crippen LogP contribution in [-0.4, -0.2) is 15.2 Å². The summed E-state index contributed by atoms with van der Waals surface area (Å²) in [7, 11) is 0. The highest BCUT2D eigenvalue weighted by atomic mass is 35.5. The van der Waals surface area contributed by atoms with Gasteiger partial charge in [-0.05, 0) is 18.2 Å². The van der Waals surface area contributed by atoms with Crippen molar-refractivity contribution in [2.24, 2.45) is 0 Å². The van der Waals surface area contributed by atoms with Crippen molar-refractivity contribution in [3.8, 4) is 11.3 Å². The highest BCUT2D eigenvalue weighted by Crippen LogP contribution is 2.31. The molecule has 0 amide bonds. The Labute approximate surface area is 124 Å². The summed E-state index contributed by atoms with van der Waals surface area (Å²) in [4.78, 5) is 15.2. The van der Waals surface area contributed by atoms with E-state index in [4.69, 9.17) is 11.6 Å². The van der Waals surface area contributed by atoms with Gasteiger partial charge in [0.1, 0.15) is 11.2 Å². The van der Waals surface area contributed by atoms with Gasteiger partial charge in [-0.15, -0.1) is 0 Å².